The van der Waals surface area contributed by atoms with E-state index in [0.717, 1.165) is 6.29 Å². The first-order valence-electron chi connectivity index (χ1n) is 7.17. The van der Waals surface area contributed by atoms with Gasteiger partial charge in [0.15, 0.2) is 17.8 Å². The minimum atomic E-state index is -0.168. The molecule has 124 valence electrons. The fraction of sp³-hybridized carbons (Fsp3) is 0.438. The zero-order valence-electron chi connectivity index (χ0n) is 13.7. The van der Waals surface area contributed by atoms with Crippen LogP contribution in [0.15, 0.2) is 27.8 Å². The maximum atomic E-state index is 11.1. The molecule has 0 aliphatic heterocycles. The lowest BCUT2D eigenvalue weighted by atomic mass is 9.97. The van der Waals surface area contributed by atoms with E-state index >= 15 is 0 Å². The number of carbonyl (C=O) groups is 1. The lowest BCUT2D eigenvalue weighted by Gasteiger charge is -2.12. The number of hydrogen-bond acceptors (Lipinski definition) is 7. The highest BCUT2D eigenvalue weighted by Crippen LogP contribution is 2.30. The molecule has 0 aliphatic carbocycles. The van der Waals surface area contributed by atoms with E-state index in [-0.39, 0.29) is 5.41 Å². The van der Waals surface area contributed by atoms with E-state index in [1.807, 2.05) is 20.8 Å². The first kappa shape index (κ1) is 17.3. The first-order chi connectivity index (χ1) is 11.0. The largest absolute Gasteiger partial charge is 0.493 e. The van der Waals surface area contributed by atoms with Gasteiger partial charge in [-0.3, -0.25) is 4.79 Å². The normalized spacial score (nSPS) is 11.3. The van der Waals surface area contributed by atoms with Gasteiger partial charge in [0.2, 0.25) is 5.89 Å². The van der Waals surface area contributed by atoms with Crippen molar-refractivity contribution in [2.75, 3.05) is 19.5 Å². The third-order valence-electron chi connectivity index (χ3n) is 2.96. The summed E-state index contributed by atoms with van der Waals surface area (Å²) in [4.78, 5) is 11.1. The summed E-state index contributed by atoms with van der Waals surface area (Å²) in [5, 5.41) is 8.55. The molecule has 2 aromatic rings. The first-order valence-corrected chi connectivity index (χ1v) is 8.16. The van der Waals surface area contributed by atoms with Crippen LogP contribution in [-0.2, 0) is 5.41 Å². The van der Waals surface area contributed by atoms with Gasteiger partial charge in [-0.15, -0.1) is 10.2 Å². The van der Waals surface area contributed by atoms with Crippen LogP contribution in [0.25, 0.3) is 0 Å². The Kier molecular flexibility index (Phi) is 5.65. The molecule has 23 heavy (non-hydrogen) atoms. The third kappa shape index (κ3) is 4.48. The minimum absolute atomic E-state index is 0.168. The predicted octanol–water partition coefficient (Wildman–Crippen LogP) is 3.36. The maximum absolute atomic E-state index is 11.1. The molecule has 6 nitrogen and oxygen atoms in total. The van der Waals surface area contributed by atoms with Crippen molar-refractivity contribution in [2.45, 2.75) is 31.4 Å². The van der Waals surface area contributed by atoms with Crippen LogP contribution in [0, 0.1) is 0 Å². The molecule has 2 rings (SSSR count). The highest BCUT2D eigenvalue weighted by molar-refractivity contribution is 7.99. The number of thioether (sulfide) groups is 1. The monoisotopic (exact) mass is 336 g/mol. The van der Waals surface area contributed by atoms with Crippen molar-refractivity contribution in [2.24, 2.45) is 0 Å². The van der Waals surface area contributed by atoms with Gasteiger partial charge in [-0.2, -0.15) is 0 Å². The van der Waals surface area contributed by atoms with Crippen LogP contribution in [0.1, 0.15) is 37.0 Å². The van der Waals surface area contributed by atoms with E-state index in [2.05, 4.69) is 10.2 Å². The third-order valence-corrected chi connectivity index (χ3v) is 3.74. The highest BCUT2D eigenvalue weighted by Gasteiger charge is 2.21. The molecule has 0 saturated carbocycles. The number of ether oxygens (including phenoxy) is 2. The number of benzene rings is 1. The van der Waals surface area contributed by atoms with Gasteiger partial charge in [0.25, 0.3) is 5.22 Å². The average Bonchev–Trinajstić information content (AvgIpc) is 3.00. The van der Waals surface area contributed by atoms with Crippen molar-refractivity contribution < 1.29 is 18.7 Å². The molecule has 1 aromatic heterocycles. The Hall–Kier alpha value is -2.02. The number of methoxy groups -OCH3 is 1. The van der Waals surface area contributed by atoms with E-state index in [9.17, 15) is 4.79 Å². The van der Waals surface area contributed by atoms with E-state index in [4.69, 9.17) is 13.9 Å². The Labute approximate surface area is 139 Å². The minimum Gasteiger partial charge on any atom is -0.493 e. The van der Waals surface area contributed by atoms with Crippen molar-refractivity contribution in [1.82, 2.24) is 10.2 Å². The summed E-state index contributed by atoms with van der Waals surface area (Å²) in [6.07, 6.45) is 0.749. The molecule has 7 heteroatoms. The topological polar surface area (TPSA) is 74.5 Å². The molecular weight excluding hydrogens is 316 g/mol. The number of rotatable bonds is 7. The molecule has 1 heterocycles. The standard InChI is InChI=1S/C16H20N2O4S/c1-16(2,3)14-17-18-15(22-14)23-9-8-21-13-11(10-19)6-5-7-12(13)20-4/h5-7,10H,8-9H2,1-4H3. The second kappa shape index (κ2) is 7.50. The van der Waals surface area contributed by atoms with Gasteiger partial charge >= 0.3 is 0 Å². The van der Waals surface area contributed by atoms with Crippen LogP contribution >= 0.6 is 11.8 Å². The Morgan fingerprint density at radius 1 is 1.30 bits per heavy atom. The van der Waals surface area contributed by atoms with Crippen LogP contribution in [0.4, 0.5) is 0 Å². The molecule has 1 aromatic carbocycles. The molecule has 0 bridgehead atoms. The van der Waals surface area contributed by atoms with Crippen molar-refractivity contribution >= 4 is 18.0 Å². The summed E-state index contributed by atoms with van der Waals surface area (Å²) < 4.78 is 16.5. The maximum Gasteiger partial charge on any atom is 0.276 e. The second-order valence-corrected chi connectivity index (χ2v) is 6.86. The van der Waals surface area contributed by atoms with E-state index in [1.54, 1.807) is 18.2 Å². The van der Waals surface area contributed by atoms with E-state index in [0.29, 0.717) is 40.5 Å². The number of aromatic nitrogens is 2. The Morgan fingerprint density at radius 3 is 2.70 bits per heavy atom. The summed E-state index contributed by atoms with van der Waals surface area (Å²) in [6, 6.07) is 5.19. The van der Waals surface area contributed by atoms with E-state index in [1.165, 1.54) is 18.9 Å². The second-order valence-electron chi connectivity index (χ2n) is 5.82. The molecule has 0 amide bonds. The Morgan fingerprint density at radius 2 is 2.09 bits per heavy atom. The molecular formula is C16H20N2O4S. The number of nitrogens with zero attached hydrogens (tertiary/aromatic N) is 2. The van der Waals surface area contributed by atoms with Crippen LogP contribution < -0.4 is 9.47 Å². The van der Waals surface area contributed by atoms with Crippen molar-refractivity contribution in [1.29, 1.82) is 0 Å². The van der Waals surface area contributed by atoms with Gasteiger partial charge in [-0.1, -0.05) is 38.6 Å². The average molecular weight is 336 g/mol. The SMILES string of the molecule is COc1cccc(C=O)c1OCCSc1nnc(C(C)(C)C)o1. The van der Waals surface area contributed by atoms with Crippen LogP contribution in [0.5, 0.6) is 11.5 Å². The molecule has 0 aliphatic rings. The van der Waals surface area contributed by atoms with Gasteiger partial charge in [-0.05, 0) is 12.1 Å². The highest BCUT2D eigenvalue weighted by atomic mass is 32.2. The van der Waals surface area contributed by atoms with Crippen LogP contribution in [-0.4, -0.2) is 36.0 Å². The number of hydrogen-bond donors (Lipinski definition) is 0. The molecule has 0 atom stereocenters. The molecule has 0 unspecified atom stereocenters. The Bertz CT molecular complexity index is 664. The van der Waals surface area contributed by atoms with Crippen molar-refractivity contribution in [3.8, 4) is 11.5 Å². The van der Waals surface area contributed by atoms with Gasteiger partial charge < -0.3 is 13.9 Å². The summed E-state index contributed by atoms with van der Waals surface area (Å²) >= 11 is 1.41. The zero-order chi connectivity index (χ0) is 16.9. The van der Waals surface area contributed by atoms with Gasteiger partial charge in [0, 0.05) is 11.2 Å². The quantitative estimate of drug-likeness (QED) is 0.436. The van der Waals surface area contributed by atoms with Crippen LogP contribution in [0.2, 0.25) is 0 Å². The van der Waals surface area contributed by atoms with Crippen molar-refractivity contribution in [3.05, 3.63) is 29.7 Å². The smallest absolute Gasteiger partial charge is 0.276 e. The fourth-order valence-corrected chi connectivity index (χ4v) is 2.36. The Balaban J connectivity index is 1.91. The van der Waals surface area contributed by atoms with E-state index < -0.39 is 0 Å². The zero-order valence-corrected chi connectivity index (χ0v) is 14.5. The lowest BCUT2D eigenvalue weighted by molar-refractivity contribution is 0.111. The lowest BCUT2D eigenvalue weighted by Crippen LogP contribution is -2.11. The molecule has 0 saturated heterocycles. The number of carbonyl (C=O) groups excluding carboxylic acids is 1. The molecule has 0 radical (unpaired) electrons. The van der Waals surface area contributed by atoms with Crippen LogP contribution in [0.3, 0.4) is 0 Å². The van der Waals surface area contributed by atoms with Gasteiger partial charge in [0.1, 0.15) is 0 Å². The summed E-state index contributed by atoms with van der Waals surface area (Å²) in [6.45, 7) is 6.43. The number of para-hydroxylation sites is 1. The fourth-order valence-electron chi connectivity index (χ4n) is 1.78. The summed E-state index contributed by atoms with van der Waals surface area (Å²) in [5.41, 5.74) is 0.292. The summed E-state index contributed by atoms with van der Waals surface area (Å²) in [7, 11) is 1.54. The molecule has 0 N–H and O–H groups in total. The number of aldehydes is 1. The summed E-state index contributed by atoms with van der Waals surface area (Å²) in [5.74, 6) is 2.20. The molecule has 0 spiro atoms. The predicted molar refractivity (Wildman–Crippen MR) is 87.6 cm³/mol. The molecule has 0 fully saturated rings. The van der Waals surface area contributed by atoms with Gasteiger partial charge in [-0.25, -0.2) is 0 Å². The van der Waals surface area contributed by atoms with Crippen molar-refractivity contribution in [3.63, 3.8) is 0 Å². The van der Waals surface area contributed by atoms with Gasteiger partial charge in [0.05, 0.1) is 19.3 Å².